The van der Waals surface area contributed by atoms with E-state index in [0.29, 0.717) is 18.1 Å². The van der Waals surface area contributed by atoms with E-state index in [1.165, 1.54) is 6.33 Å². The van der Waals surface area contributed by atoms with Crippen molar-refractivity contribution in [1.82, 2.24) is 24.7 Å². The van der Waals surface area contributed by atoms with Gasteiger partial charge in [-0.2, -0.15) is 5.10 Å². The Kier molecular flexibility index (Phi) is 8.27. The maximum atomic E-state index is 6.37. The SMILES string of the molecule is [CH2]C(COc1cc(OC)cc(-c2cc(Nc3cncnc3)c3cnn(C(C)C)c3n2)c1)O[Si](C)(C)C(C)(C)C. The van der Waals surface area contributed by atoms with Crippen LogP contribution < -0.4 is 14.8 Å². The number of hydrogen-bond acceptors (Lipinski definition) is 8. The number of pyridine rings is 1. The lowest BCUT2D eigenvalue weighted by Crippen LogP contribution is -2.44. The van der Waals surface area contributed by atoms with Crippen LogP contribution in [0.15, 0.2) is 49.2 Å². The van der Waals surface area contributed by atoms with Crippen molar-refractivity contribution in [2.75, 3.05) is 19.0 Å². The van der Waals surface area contributed by atoms with E-state index >= 15 is 0 Å². The van der Waals surface area contributed by atoms with E-state index < -0.39 is 8.32 Å². The van der Waals surface area contributed by atoms with Gasteiger partial charge in [-0.1, -0.05) is 20.8 Å². The van der Waals surface area contributed by atoms with Crippen molar-refractivity contribution in [3.63, 3.8) is 0 Å². The molecule has 0 aliphatic carbocycles. The average Bonchev–Trinajstić information content (AvgIpc) is 3.32. The third-order valence-electron chi connectivity index (χ3n) is 7.01. The van der Waals surface area contributed by atoms with E-state index in [2.05, 4.69) is 75.0 Å². The highest BCUT2D eigenvalue weighted by atomic mass is 28.4. The number of ether oxygens (including phenoxy) is 2. The van der Waals surface area contributed by atoms with Crippen LogP contribution in [0.25, 0.3) is 22.3 Å². The van der Waals surface area contributed by atoms with Crippen LogP contribution >= 0.6 is 0 Å². The maximum Gasteiger partial charge on any atom is 0.192 e. The lowest BCUT2D eigenvalue weighted by atomic mass is 10.1. The Labute approximate surface area is 232 Å². The van der Waals surface area contributed by atoms with E-state index in [-0.39, 0.29) is 17.2 Å². The van der Waals surface area contributed by atoms with Gasteiger partial charge in [0.15, 0.2) is 14.0 Å². The molecule has 207 valence electrons. The molecule has 4 rings (SSSR count). The Balaban J connectivity index is 1.68. The first-order valence-electron chi connectivity index (χ1n) is 13.1. The van der Waals surface area contributed by atoms with Crippen LogP contribution in [0.4, 0.5) is 11.4 Å². The normalized spacial score (nSPS) is 13.1. The second kappa shape index (κ2) is 11.3. The summed E-state index contributed by atoms with van der Waals surface area (Å²) in [5, 5.41) is 9.01. The number of benzene rings is 1. The summed E-state index contributed by atoms with van der Waals surface area (Å²) >= 11 is 0. The zero-order valence-corrected chi connectivity index (χ0v) is 25.1. The molecule has 9 nitrogen and oxygen atoms in total. The topological polar surface area (TPSA) is 96.2 Å². The summed E-state index contributed by atoms with van der Waals surface area (Å²) < 4.78 is 20.1. The lowest BCUT2D eigenvalue weighted by Gasteiger charge is -2.38. The molecule has 0 saturated carbocycles. The van der Waals surface area contributed by atoms with E-state index in [1.54, 1.807) is 19.5 Å². The van der Waals surface area contributed by atoms with Gasteiger partial charge >= 0.3 is 0 Å². The Morgan fingerprint density at radius 1 is 1.03 bits per heavy atom. The first kappa shape index (κ1) is 28.5. The molecule has 1 aromatic carbocycles. The van der Waals surface area contributed by atoms with Crippen LogP contribution in [-0.4, -0.2) is 52.9 Å². The van der Waals surface area contributed by atoms with Crippen molar-refractivity contribution in [3.05, 3.63) is 56.1 Å². The van der Waals surface area contributed by atoms with E-state index in [9.17, 15) is 0 Å². The van der Waals surface area contributed by atoms with Crippen molar-refractivity contribution in [2.24, 2.45) is 0 Å². The average molecular weight is 548 g/mol. The molecule has 0 bridgehead atoms. The molecule has 3 heterocycles. The van der Waals surface area contributed by atoms with E-state index in [4.69, 9.17) is 18.9 Å². The van der Waals surface area contributed by atoms with Crippen LogP contribution in [0.3, 0.4) is 0 Å². The van der Waals surface area contributed by atoms with Crippen molar-refractivity contribution in [1.29, 1.82) is 0 Å². The third-order valence-corrected chi connectivity index (χ3v) is 11.5. The summed E-state index contributed by atoms with van der Waals surface area (Å²) in [7, 11) is -0.322. The maximum absolute atomic E-state index is 6.37. The van der Waals surface area contributed by atoms with Gasteiger partial charge in [0.2, 0.25) is 0 Å². The molecular weight excluding hydrogens is 508 g/mol. The molecule has 0 aliphatic rings. The van der Waals surface area contributed by atoms with Gasteiger partial charge in [-0.3, -0.25) is 0 Å². The Morgan fingerprint density at radius 3 is 2.36 bits per heavy atom. The number of hydrogen-bond donors (Lipinski definition) is 1. The third kappa shape index (κ3) is 6.56. The zero-order chi connectivity index (χ0) is 28.4. The number of rotatable bonds is 10. The van der Waals surface area contributed by atoms with Crippen LogP contribution in [-0.2, 0) is 4.43 Å². The minimum atomic E-state index is -1.96. The van der Waals surface area contributed by atoms with Gasteiger partial charge in [0.25, 0.3) is 0 Å². The van der Waals surface area contributed by atoms with E-state index in [1.807, 2.05) is 35.1 Å². The summed E-state index contributed by atoms with van der Waals surface area (Å²) in [6.07, 6.45) is 6.49. The summed E-state index contributed by atoms with van der Waals surface area (Å²) in [5.74, 6) is 1.32. The molecule has 10 heteroatoms. The number of nitrogens with one attached hydrogen (secondary N) is 1. The second-order valence-corrected chi connectivity index (χ2v) is 16.2. The highest BCUT2D eigenvalue weighted by Crippen LogP contribution is 2.38. The molecule has 0 fully saturated rings. The number of fused-ring (bicyclic) bond motifs is 1. The minimum absolute atomic E-state index is 0.0938. The summed E-state index contributed by atoms with van der Waals surface area (Å²) in [6.45, 7) is 19.7. The largest absolute Gasteiger partial charge is 0.497 e. The summed E-state index contributed by atoms with van der Waals surface area (Å²) in [4.78, 5) is 13.2. The molecule has 1 N–H and O–H groups in total. The number of methoxy groups -OCH3 is 1. The molecule has 1 radical (unpaired) electrons. The number of aromatic nitrogens is 5. The highest BCUT2D eigenvalue weighted by Gasteiger charge is 2.38. The molecule has 39 heavy (non-hydrogen) atoms. The molecule has 0 saturated heterocycles. The smallest absolute Gasteiger partial charge is 0.192 e. The molecule has 1 atom stereocenters. The highest BCUT2D eigenvalue weighted by molar-refractivity contribution is 6.74. The molecule has 4 aromatic rings. The molecule has 0 amide bonds. The van der Waals surface area contributed by atoms with Gasteiger partial charge in [-0.25, -0.2) is 19.6 Å². The molecule has 0 spiro atoms. The van der Waals surface area contributed by atoms with Gasteiger partial charge in [0.05, 0.1) is 54.3 Å². The monoisotopic (exact) mass is 547 g/mol. The van der Waals surface area contributed by atoms with Crippen LogP contribution in [0, 0.1) is 6.92 Å². The van der Waals surface area contributed by atoms with Crippen molar-refractivity contribution in [2.45, 2.75) is 64.9 Å². The van der Waals surface area contributed by atoms with E-state index in [0.717, 1.165) is 33.7 Å². The van der Waals surface area contributed by atoms with Crippen molar-refractivity contribution < 1.29 is 13.9 Å². The standard InChI is InChI=1S/C29H39N6O3Si/c1-19(2)35-28-25(16-32-35)27(33-22-14-30-18-31-15-22)13-26(34-28)21-10-23(36-7)12-24(11-21)37-17-20(3)38-39(8,9)29(4,5)6/h10-16,18-20H,3,17H2,1-2,4-9H3,(H,33,34). The van der Waals surface area contributed by atoms with Gasteiger partial charge < -0.3 is 19.2 Å². The van der Waals surface area contributed by atoms with Gasteiger partial charge in [-0.15, -0.1) is 0 Å². The fourth-order valence-corrected chi connectivity index (χ4v) is 5.16. The fourth-order valence-electron chi connectivity index (χ4n) is 3.90. The van der Waals surface area contributed by atoms with Crippen LogP contribution in [0.5, 0.6) is 11.5 Å². The molecular formula is C29H39N6O3Si. The minimum Gasteiger partial charge on any atom is -0.497 e. The quantitative estimate of drug-likeness (QED) is 0.216. The Hall–Kier alpha value is -3.50. The van der Waals surface area contributed by atoms with Crippen molar-refractivity contribution in [3.8, 4) is 22.8 Å². The Bertz CT molecular complexity index is 1420. The Morgan fingerprint density at radius 2 is 1.72 bits per heavy atom. The predicted molar refractivity (Wildman–Crippen MR) is 158 cm³/mol. The number of anilines is 2. The summed E-state index contributed by atoms with van der Waals surface area (Å²) in [5.41, 5.74) is 3.99. The van der Waals surface area contributed by atoms with Crippen LogP contribution in [0.2, 0.25) is 18.1 Å². The lowest BCUT2D eigenvalue weighted by molar-refractivity contribution is 0.148. The number of nitrogens with zero attached hydrogens (tertiary/aromatic N) is 5. The van der Waals surface area contributed by atoms with Gasteiger partial charge in [-0.05, 0) is 57.1 Å². The zero-order valence-electron chi connectivity index (χ0n) is 24.1. The fraction of sp³-hybridized carbons (Fsp3) is 0.414. The van der Waals surface area contributed by atoms with Gasteiger partial charge in [0, 0.05) is 17.7 Å². The first-order chi connectivity index (χ1) is 18.4. The molecule has 3 aromatic heterocycles. The van der Waals surface area contributed by atoms with Gasteiger partial charge in [0.1, 0.15) is 24.4 Å². The first-order valence-corrected chi connectivity index (χ1v) is 16.0. The van der Waals surface area contributed by atoms with Crippen molar-refractivity contribution >= 4 is 30.7 Å². The second-order valence-electron chi connectivity index (χ2n) is 11.4. The predicted octanol–water partition coefficient (Wildman–Crippen LogP) is 6.82. The molecule has 0 aliphatic heterocycles. The van der Waals surface area contributed by atoms with Crippen LogP contribution in [0.1, 0.15) is 40.7 Å². The molecule has 1 unspecified atom stereocenters. The summed E-state index contributed by atoms with van der Waals surface area (Å²) in [6, 6.07) is 7.89.